The molecule has 4 nitrogen and oxygen atoms in total. The summed E-state index contributed by atoms with van der Waals surface area (Å²) < 4.78 is 0. The van der Waals surface area contributed by atoms with Gasteiger partial charge >= 0.3 is 6.03 Å². The lowest BCUT2D eigenvalue weighted by molar-refractivity contribution is 0.262. The molecule has 2 amide bonds. The van der Waals surface area contributed by atoms with Gasteiger partial charge in [-0.1, -0.05) is 25.1 Å². The summed E-state index contributed by atoms with van der Waals surface area (Å²) in [6.07, 6.45) is 2.61. The number of para-hydroxylation sites is 1. The highest BCUT2D eigenvalue weighted by Crippen LogP contribution is 2.14. The summed E-state index contributed by atoms with van der Waals surface area (Å²) in [4.78, 5) is 16.0. The van der Waals surface area contributed by atoms with Crippen LogP contribution in [0, 0.1) is 6.92 Å². The van der Waals surface area contributed by atoms with E-state index < -0.39 is 0 Å². The molecule has 0 aliphatic heterocycles. The van der Waals surface area contributed by atoms with Crippen LogP contribution in [0.3, 0.4) is 0 Å². The SMILES string of the molecule is CCc1ccnc(NC(=O)Nc2ccccc2C)c1. The van der Waals surface area contributed by atoms with Crippen molar-refractivity contribution in [1.29, 1.82) is 0 Å². The Morgan fingerprint density at radius 3 is 2.74 bits per heavy atom. The van der Waals surface area contributed by atoms with Crippen LogP contribution in [0.2, 0.25) is 0 Å². The minimum absolute atomic E-state index is 0.282. The van der Waals surface area contributed by atoms with Gasteiger partial charge in [0.15, 0.2) is 0 Å². The molecule has 1 aromatic carbocycles. The lowest BCUT2D eigenvalue weighted by atomic mass is 10.2. The molecule has 4 heteroatoms. The second-order valence-electron chi connectivity index (χ2n) is 4.30. The van der Waals surface area contributed by atoms with E-state index in [4.69, 9.17) is 0 Å². The second-order valence-corrected chi connectivity index (χ2v) is 4.30. The summed E-state index contributed by atoms with van der Waals surface area (Å²) in [5, 5.41) is 5.54. The summed E-state index contributed by atoms with van der Waals surface area (Å²) in [5.41, 5.74) is 2.96. The molecular weight excluding hydrogens is 238 g/mol. The number of amides is 2. The van der Waals surface area contributed by atoms with Crippen molar-refractivity contribution in [3.8, 4) is 0 Å². The van der Waals surface area contributed by atoms with E-state index in [-0.39, 0.29) is 6.03 Å². The third-order valence-corrected chi connectivity index (χ3v) is 2.87. The number of anilines is 2. The number of hydrogen-bond donors (Lipinski definition) is 2. The van der Waals surface area contributed by atoms with Crippen LogP contribution in [-0.2, 0) is 6.42 Å². The van der Waals surface area contributed by atoms with E-state index in [0.717, 1.165) is 23.2 Å². The first-order valence-corrected chi connectivity index (χ1v) is 6.27. The fraction of sp³-hybridized carbons (Fsp3) is 0.200. The highest BCUT2D eigenvalue weighted by atomic mass is 16.2. The Hall–Kier alpha value is -2.36. The molecule has 2 N–H and O–H groups in total. The molecule has 0 atom stereocenters. The number of rotatable bonds is 3. The van der Waals surface area contributed by atoms with Gasteiger partial charge in [-0.2, -0.15) is 0 Å². The zero-order valence-corrected chi connectivity index (χ0v) is 11.1. The van der Waals surface area contributed by atoms with Gasteiger partial charge < -0.3 is 5.32 Å². The van der Waals surface area contributed by atoms with Crippen LogP contribution < -0.4 is 10.6 Å². The molecule has 0 fully saturated rings. The molecule has 0 aliphatic rings. The van der Waals surface area contributed by atoms with Crippen molar-refractivity contribution in [2.45, 2.75) is 20.3 Å². The van der Waals surface area contributed by atoms with Crippen LogP contribution >= 0.6 is 0 Å². The van der Waals surface area contributed by atoms with Crippen LogP contribution in [0.5, 0.6) is 0 Å². The van der Waals surface area contributed by atoms with Gasteiger partial charge in [0.1, 0.15) is 5.82 Å². The number of pyridine rings is 1. The molecular formula is C15H17N3O. The zero-order chi connectivity index (χ0) is 13.7. The third kappa shape index (κ3) is 3.55. The van der Waals surface area contributed by atoms with E-state index in [2.05, 4.69) is 22.5 Å². The van der Waals surface area contributed by atoms with Crippen LogP contribution in [0.1, 0.15) is 18.1 Å². The maximum Gasteiger partial charge on any atom is 0.324 e. The summed E-state index contributed by atoms with van der Waals surface area (Å²) >= 11 is 0. The van der Waals surface area contributed by atoms with E-state index in [1.165, 1.54) is 0 Å². The van der Waals surface area contributed by atoms with Crippen LogP contribution in [0.4, 0.5) is 16.3 Å². The Morgan fingerprint density at radius 2 is 2.00 bits per heavy atom. The molecule has 19 heavy (non-hydrogen) atoms. The highest BCUT2D eigenvalue weighted by Gasteiger charge is 2.05. The topological polar surface area (TPSA) is 54.0 Å². The lowest BCUT2D eigenvalue weighted by Crippen LogP contribution is -2.20. The molecule has 98 valence electrons. The Labute approximate surface area is 112 Å². The van der Waals surface area contributed by atoms with Crippen molar-refractivity contribution in [2.24, 2.45) is 0 Å². The maximum atomic E-state index is 11.9. The molecule has 0 saturated carbocycles. The average molecular weight is 255 g/mol. The Morgan fingerprint density at radius 1 is 1.21 bits per heavy atom. The largest absolute Gasteiger partial charge is 0.324 e. The van der Waals surface area contributed by atoms with E-state index >= 15 is 0 Å². The van der Waals surface area contributed by atoms with Gasteiger partial charge in [-0.25, -0.2) is 9.78 Å². The quantitative estimate of drug-likeness (QED) is 0.880. The molecule has 2 aromatic rings. The number of benzene rings is 1. The monoisotopic (exact) mass is 255 g/mol. The van der Waals surface area contributed by atoms with Crippen LogP contribution in [-0.4, -0.2) is 11.0 Å². The number of aromatic nitrogens is 1. The normalized spacial score (nSPS) is 10.0. The predicted octanol–water partition coefficient (Wildman–Crippen LogP) is 3.60. The number of nitrogens with zero attached hydrogens (tertiary/aromatic N) is 1. The van der Waals surface area contributed by atoms with E-state index in [1.807, 2.05) is 43.3 Å². The number of urea groups is 1. The number of aryl methyl sites for hydroxylation is 2. The van der Waals surface area contributed by atoms with Crippen molar-refractivity contribution in [3.63, 3.8) is 0 Å². The molecule has 2 rings (SSSR count). The minimum atomic E-state index is -0.282. The first kappa shape index (κ1) is 13.1. The molecule has 0 radical (unpaired) electrons. The molecule has 0 aliphatic carbocycles. The number of carbonyl (C=O) groups excluding carboxylic acids is 1. The van der Waals surface area contributed by atoms with Gasteiger partial charge in [0.05, 0.1) is 0 Å². The smallest absolute Gasteiger partial charge is 0.307 e. The molecule has 0 spiro atoms. The standard InChI is InChI=1S/C15H17N3O/c1-3-12-8-9-16-14(10-12)18-15(19)17-13-7-5-4-6-11(13)2/h4-10H,3H2,1-2H3,(H2,16,17,18,19). The van der Waals surface area contributed by atoms with Gasteiger partial charge in [-0.3, -0.25) is 5.32 Å². The summed E-state index contributed by atoms with van der Waals surface area (Å²) in [6.45, 7) is 4.01. The van der Waals surface area contributed by atoms with Crippen molar-refractivity contribution in [2.75, 3.05) is 10.6 Å². The van der Waals surface area contributed by atoms with Crippen molar-refractivity contribution in [1.82, 2.24) is 4.98 Å². The Balaban J connectivity index is 2.03. The predicted molar refractivity (Wildman–Crippen MR) is 77.4 cm³/mol. The van der Waals surface area contributed by atoms with Crippen molar-refractivity contribution >= 4 is 17.5 Å². The summed E-state index contributed by atoms with van der Waals surface area (Å²) in [7, 11) is 0. The Kier molecular flexibility index (Phi) is 4.13. The van der Waals surface area contributed by atoms with Crippen LogP contribution in [0.25, 0.3) is 0 Å². The summed E-state index contributed by atoms with van der Waals surface area (Å²) in [6, 6.07) is 11.2. The molecule has 1 heterocycles. The fourth-order valence-corrected chi connectivity index (χ4v) is 1.75. The van der Waals surface area contributed by atoms with Crippen molar-refractivity contribution in [3.05, 3.63) is 53.7 Å². The second kappa shape index (κ2) is 6.00. The van der Waals surface area contributed by atoms with E-state index in [9.17, 15) is 4.79 Å². The molecule has 0 saturated heterocycles. The lowest BCUT2D eigenvalue weighted by Gasteiger charge is -2.09. The summed E-state index contributed by atoms with van der Waals surface area (Å²) in [5.74, 6) is 0.561. The number of carbonyl (C=O) groups is 1. The third-order valence-electron chi connectivity index (χ3n) is 2.87. The minimum Gasteiger partial charge on any atom is -0.307 e. The van der Waals surface area contributed by atoms with Gasteiger partial charge in [0.25, 0.3) is 0 Å². The van der Waals surface area contributed by atoms with Gasteiger partial charge in [0, 0.05) is 11.9 Å². The van der Waals surface area contributed by atoms with Gasteiger partial charge in [0.2, 0.25) is 0 Å². The number of nitrogens with one attached hydrogen (secondary N) is 2. The van der Waals surface area contributed by atoms with E-state index in [0.29, 0.717) is 5.82 Å². The van der Waals surface area contributed by atoms with Gasteiger partial charge in [-0.15, -0.1) is 0 Å². The van der Waals surface area contributed by atoms with E-state index in [1.54, 1.807) is 6.20 Å². The molecule has 0 unspecified atom stereocenters. The van der Waals surface area contributed by atoms with Gasteiger partial charge in [-0.05, 0) is 42.7 Å². The highest BCUT2D eigenvalue weighted by molar-refractivity contribution is 5.99. The fourth-order valence-electron chi connectivity index (χ4n) is 1.75. The first-order valence-electron chi connectivity index (χ1n) is 6.27. The molecule has 0 bridgehead atoms. The first-order chi connectivity index (χ1) is 9.19. The maximum absolute atomic E-state index is 11.9. The molecule has 1 aromatic heterocycles. The Bertz CT molecular complexity index is 581. The zero-order valence-electron chi connectivity index (χ0n) is 11.1. The average Bonchev–Trinajstić information content (AvgIpc) is 2.41. The van der Waals surface area contributed by atoms with Crippen LogP contribution in [0.15, 0.2) is 42.6 Å². The number of hydrogen-bond acceptors (Lipinski definition) is 2. The van der Waals surface area contributed by atoms with Crippen molar-refractivity contribution < 1.29 is 4.79 Å².